The Bertz CT molecular complexity index is 1090. The number of halogens is 3. The van der Waals surface area contributed by atoms with Crippen LogP contribution < -0.4 is 4.90 Å². The number of alkyl halides is 3. The van der Waals surface area contributed by atoms with E-state index in [1.807, 2.05) is 17.0 Å². The summed E-state index contributed by atoms with van der Waals surface area (Å²) in [6.45, 7) is 1.48. The van der Waals surface area contributed by atoms with Crippen molar-refractivity contribution in [1.82, 2.24) is 24.7 Å². The number of hydrogen-bond donors (Lipinski definition) is 1. The first-order chi connectivity index (χ1) is 15.3. The summed E-state index contributed by atoms with van der Waals surface area (Å²) in [5.74, 6) is -0.540. The molecule has 3 aromatic rings. The molecule has 1 amide bonds. The molecule has 1 N–H and O–H groups in total. The smallest absolute Gasteiger partial charge is 0.395 e. The van der Waals surface area contributed by atoms with Crippen LogP contribution in [-0.2, 0) is 6.18 Å². The van der Waals surface area contributed by atoms with E-state index in [0.29, 0.717) is 24.5 Å². The highest BCUT2D eigenvalue weighted by atomic mass is 19.4. The van der Waals surface area contributed by atoms with Crippen molar-refractivity contribution in [2.45, 2.75) is 24.9 Å². The van der Waals surface area contributed by atoms with Crippen LogP contribution in [0.2, 0.25) is 0 Å². The number of amides is 1. The second-order valence-corrected chi connectivity index (χ2v) is 7.82. The number of aromatic nitrogens is 4. The molecule has 8 nitrogen and oxygen atoms in total. The SMILES string of the molecule is CN(CCO)C(=O)c1ccc(C2CCN(c3ccc4nnc(C(F)(F)F)n4n3)CC2)cc1. The van der Waals surface area contributed by atoms with Crippen LogP contribution in [0.1, 0.15) is 40.5 Å². The molecule has 1 aromatic carbocycles. The van der Waals surface area contributed by atoms with E-state index >= 15 is 0 Å². The maximum atomic E-state index is 13.1. The summed E-state index contributed by atoms with van der Waals surface area (Å²) >= 11 is 0. The monoisotopic (exact) mass is 448 g/mol. The number of aliphatic hydroxyl groups excluding tert-OH is 1. The lowest BCUT2D eigenvalue weighted by atomic mass is 9.89. The molecule has 1 saturated heterocycles. The van der Waals surface area contributed by atoms with Crippen LogP contribution in [0.15, 0.2) is 36.4 Å². The van der Waals surface area contributed by atoms with Crippen LogP contribution in [0.3, 0.4) is 0 Å². The first-order valence-corrected chi connectivity index (χ1v) is 10.3. The van der Waals surface area contributed by atoms with E-state index in [-0.39, 0.29) is 30.6 Å². The van der Waals surface area contributed by atoms with Gasteiger partial charge in [0, 0.05) is 32.2 Å². The number of anilines is 1. The fraction of sp³-hybridized carbons (Fsp3) is 0.429. The molecule has 2 aromatic heterocycles. The third-order valence-corrected chi connectivity index (χ3v) is 5.73. The number of aliphatic hydroxyl groups is 1. The van der Waals surface area contributed by atoms with Crippen molar-refractivity contribution in [3.63, 3.8) is 0 Å². The molecule has 1 fully saturated rings. The number of carbonyl (C=O) groups excluding carboxylic acids is 1. The third-order valence-electron chi connectivity index (χ3n) is 5.73. The second kappa shape index (κ2) is 8.73. The molecule has 32 heavy (non-hydrogen) atoms. The third kappa shape index (κ3) is 4.38. The van der Waals surface area contributed by atoms with E-state index in [2.05, 4.69) is 15.3 Å². The van der Waals surface area contributed by atoms with Crippen LogP contribution >= 0.6 is 0 Å². The Morgan fingerprint density at radius 2 is 1.81 bits per heavy atom. The van der Waals surface area contributed by atoms with Gasteiger partial charge in [0.2, 0.25) is 0 Å². The Balaban J connectivity index is 1.43. The van der Waals surface area contributed by atoms with Crippen molar-refractivity contribution >= 4 is 17.4 Å². The second-order valence-electron chi connectivity index (χ2n) is 7.82. The molecule has 3 heterocycles. The molecule has 0 spiro atoms. The van der Waals surface area contributed by atoms with E-state index < -0.39 is 12.0 Å². The standard InChI is InChI=1S/C21H23F3N6O2/c1-28(12-13-31)19(32)16-4-2-14(3-5-16)15-8-10-29(11-9-15)18-7-6-17-25-26-20(21(22,23)24)30(17)27-18/h2-7,15,31H,8-13H2,1H3. The zero-order valence-corrected chi connectivity index (χ0v) is 17.5. The van der Waals surface area contributed by atoms with E-state index in [9.17, 15) is 18.0 Å². The van der Waals surface area contributed by atoms with E-state index in [1.165, 1.54) is 11.0 Å². The highest BCUT2D eigenvalue weighted by Crippen LogP contribution is 2.31. The number of carbonyl (C=O) groups is 1. The maximum absolute atomic E-state index is 13.1. The number of fused-ring (bicyclic) bond motifs is 1. The van der Waals surface area contributed by atoms with Gasteiger partial charge in [-0.15, -0.1) is 15.3 Å². The van der Waals surface area contributed by atoms with Crippen LogP contribution in [0.25, 0.3) is 5.65 Å². The molecule has 0 radical (unpaired) electrons. The summed E-state index contributed by atoms with van der Waals surface area (Å²) in [6, 6.07) is 10.6. The first-order valence-electron chi connectivity index (χ1n) is 10.3. The lowest BCUT2D eigenvalue weighted by molar-refractivity contribution is -0.146. The van der Waals surface area contributed by atoms with Crippen molar-refractivity contribution in [2.75, 3.05) is 38.2 Å². The molecule has 1 aliphatic heterocycles. The fourth-order valence-corrected chi connectivity index (χ4v) is 3.94. The van der Waals surface area contributed by atoms with Gasteiger partial charge in [-0.2, -0.15) is 17.7 Å². The summed E-state index contributed by atoms with van der Waals surface area (Å²) in [4.78, 5) is 15.7. The average Bonchev–Trinajstić information content (AvgIpc) is 3.23. The quantitative estimate of drug-likeness (QED) is 0.646. The molecule has 4 rings (SSSR count). The van der Waals surface area contributed by atoms with Gasteiger partial charge in [0.25, 0.3) is 11.7 Å². The van der Waals surface area contributed by atoms with Crippen LogP contribution in [-0.4, -0.2) is 69.0 Å². The van der Waals surface area contributed by atoms with Gasteiger partial charge in [0.05, 0.1) is 6.61 Å². The van der Waals surface area contributed by atoms with Gasteiger partial charge in [-0.25, -0.2) is 0 Å². The summed E-state index contributed by atoms with van der Waals surface area (Å²) in [7, 11) is 1.64. The predicted molar refractivity (Wildman–Crippen MR) is 110 cm³/mol. The van der Waals surface area contributed by atoms with E-state index in [4.69, 9.17) is 5.11 Å². The number of hydrogen-bond acceptors (Lipinski definition) is 6. The van der Waals surface area contributed by atoms with E-state index in [0.717, 1.165) is 22.9 Å². The Labute approximate surface area is 182 Å². The molecular weight excluding hydrogens is 425 g/mol. The van der Waals surface area contributed by atoms with Gasteiger partial charge in [-0.05, 0) is 48.6 Å². The molecule has 0 saturated carbocycles. The minimum Gasteiger partial charge on any atom is -0.395 e. The van der Waals surface area contributed by atoms with Crippen molar-refractivity contribution < 1.29 is 23.1 Å². The summed E-state index contributed by atoms with van der Waals surface area (Å²) in [5, 5.41) is 19.9. The average molecular weight is 448 g/mol. The maximum Gasteiger partial charge on any atom is 0.453 e. The van der Waals surface area contributed by atoms with Gasteiger partial charge in [0.1, 0.15) is 5.82 Å². The van der Waals surface area contributed by atoms with Crippen LogP contribution in [0.4, 0.5) is 19.0 Å². The summed E-state index contributed by atoms with van der Waals surface area (Å²) in [5.41, 5.74) is 1.73. The van der Waals surface area contributed by atoms with Gasteiger partial charge < -0.3 is 14.9 Å². The number of piperidine rings is 1. The van der Waals surface area contributed by atoms with Gasteiger partial charge in [-0.1, -0.05) is 12.1 Å². The predicted octanol–water partition coefficient (Wildman–Crippen LogP) is 2.59. The number of benzene rings is 1. The highest BCUT2D eigenvalue weighted by molar-refractivity contribution is 5.94. The number of nitrogens with zero attached hydrogens (tertiary/aromatic N) is 6. The summed E-state index contributed by atoms with van der Waals surface area (Å²) in [6.07, 6.45) is -3.00. The highest BCUT2D eigenvalue weighted by Gasteiger charge is 2.38. The van der Waals surface area contributed by atoms with Gasteiger partial charge in [0.15, 0.2) is 5.65 Å². The zero-order valence-electron chi connectivity index (χ0n) is 17.5. The van der Waals surface area contributed by atoms with Crippen molar-refractivity contribution in [2.24, 2.45) is 0 Å². The largest absolute Gasteiger partial charge is 0.453 e. The lowest BCUT2D eigenvalue weighted by Crippen LogP contribution is -2.34. The fourth-order valence-electron chi connectivity index (χ4n) is 3.94. The van der Waals surface area contributed by atoms with Gasteiger partial charge >= 0.3 is 6.18 Å². The zero-order chi connectivity index (χ0) is 22.9. The van der Waals surface area contributed by atoms with E-state index in [1.54, 1.807) is 25.2 Å². The summed E-state index contributed by atoms with van der Waals surface area (Å²) < 4.78 is 40.1. The Kier molecular flexibility index (Phi) is 6.00. The molecule has 0 bridgehead atoms. The van der Waals surface area contributed by atoms with Crippen molar-refractivity contribution in [1.29, 1.82) is 0 Å². The topological polar surface area (TPSA) is 86.9 Å². The molecule has 0 unspecified atom stereocenters. The molecule has 11 heteroatoms. The van der Waals surface area contributed by atoms with Crippen LogP contribution in [0.5, 0.6) is 0 Å². The molecular formula is C21H23F3N6O2. The molecule has 0 aliphatic carbocycles. The minimum atomic E-state index is -4.63. The molecule has 170 valence electrons. The minimum absolute atomic E-state index is 0.0511. The van der Waals surface area contributed by atoms with Gasteiger partial charge in [-0.3, -0.25) is 4.79 Å². The lowest BCUT2D eigenvalue weighted by Gasteiger charge is -2.33. The Morgan fingerprint density at radius 3 is 2.44 bits per heavy atom. The first kappa shape index (κ1) is 22.0. The number of rotatable bonds is 5. The number of likely N-dealkylation sites (N-methyl/N-ethyl adjacent to an activating group) is 1. The Hall–Kier alpha value is -3.21. The van der Waals surface area contributed by atoms with Crippen LogP contribution in [0, 0.1) is 0 Å². The Morgan fingerprint density at radius 1 is 1.12 bits per heavy atom. The molecule has 1 aliphatic rings. The normalized spacial score (nSPS) is 15.3. The molecule has 0 atom stereocenters. The van der Waals surface area contributed by atoms with Crippen molar-refractivity contribution in [3.05, 3.63) is 53.3 Å². The van der Waals surface area contributed by atoms with Crippen molar-refractivity contribution in [3.8, 4) is 0 Å².